The molecule has 1 heterocycles. The Balaban J connectivity index is 1.66. The second-order valence-corrected chi connectivity index (χ2v) is 4.14. The van der Waals surface area contributed by atoms with Gasteiger partial charge < -0.3 is 4.74 Å². The normalized spacial score (nSPS) is 30.2. The van der Waals surface area contributed by atoms with Crippen LogP contribution in [0.25, 0.3) is 0 Å². The van der Waals surface area contributed by atoms with Crippen LogP contribution >= 0.6 is 0 Å². The molecule has 0 aromatic rings. The van der Waals surface area contributed by atoms with Crippen molar-refractivity contribution in [1.29, 1.82) is 0 Å². The molecule has 3 heteroatoms. The van der Waals surface area contributed by atoms with Gasteiger partial charge >= 0.3 is 11.9 Å². The minimum atomic E-state index is -0.360. The fourth-order valence-corrected chi connectivity index (χ4v) is 1.91. The van der Waals surface area contributed by atoms with Gasteiger partial charge in [-0.3, -0.25) is 9.59 Å². The van der Waals surface area contributed by atoms with Gasteiger partial charge in [0, 0.05) is 0 Å². The van der Waals surface area contributed by atoms with E-state index in [-0.39, 0.29) is 24.3 Å². The van der Waals surface area contributed by atoms with Crippen LogP contribution in [0, 0.1) is 11.8 Å². The van der Waals surface area contributed by atoms with Gasteiger partial charge in [-0.1, -0.05) is 18.1 Å². The first kappa shape index (κ1) is 9.44. The number of carbonyl (C=O) groups is 2. The average Bonchev–Trinajstić information content (AvgIpc) is 2.70. The molecule has 0 saturated carbocycles. The molecule has 1 aliphatic heterocycles. The SMILES string of the molecule is CC1=CC1CCCC1CC(=O)OC1=O. The number of hydrogen-bond acceptors (Lipinski definition) is 3. The van der Waals surface area contributed by atoms with E-state index in [1.165, 1.54) is 5.57 Å². The van der Waals surface area contributed by atoms with Gasteiger partial charge in [-0.2, -0.15) is 0 Å². The van der Waals surface area contributed by atoms with E-state index in [1.54, 1.807) is 0 Å². The third kappa shape index (κ3) is 2.03. The van der Waals surface area contributed by atoms with Gasteiger partial charge in [0.2, 0.25) is 0 Å². The lowest BCUT2D eigenvalue weighted by Crippen LogP contribution is -2.07. The Morgan fingerprint density at radius 2 is 2.14 bits per heavy atom. The summed E-state index contributed by atoms with van der Waals surface area (Å²) in [6, 6.07) is 0. The van der Waals surface area contributed by atoms with Crippen LogP contribution in [-0.2, 0) is 14.3 Å². The summed E-state index contributed by atoms with van der Waals surface area (Å²) >= 11 is 0. The highest BCUT2D eigenvalue weighted by molar-refractivity contribution is 5.94. The first-order valence-electron chi connectivity index (χ1n) is 5.09. The zero-order chi connectivity index (χ0) is 10.1. The zero-order valence-electron chi connectivity index (χ0n) is 8.29. The van der Waals surface area contributed by atoms with E-state index < -0.39 is 0 Å². The molecule has 0 spiro atoms. The van der Waals surface area contributed by atoms with Gasteiger partial charge in [0.1, 0.15) is 0 Å². The highest BCUT2D eigenvalue weighted by Crippen LogP contribution is 2.33. The van der Waals surface area contributed by atoms with Crippen molar-refractivity contribution in [3.63, 3.8) is 0 Å². The van der Waals surface area contributed by atoms with E-state index in [4.69, 9.17) is 0 Å². The molecule has 0 N–H and O–H groups in total. The molecule has 14 heavy (non-hydrogen) atoms. The fraction of sp³-hybridized carbons (Fsp3) is 0.636. The van der Waals surface area contributed by atoms with Crippen LogP contribution in [-0.4, -0.2) is 11.9 Å². The summed E-state index contributed by atoms with van der Waals surface area (Å²) in [5.74, 6) is -0.180. The number of ether oxygens (including phenoxy) is 1. The number of allylic oxidation sites excluding steroid dienone is 2. The molecule has 2 unspecified atom stereocenters. The second-order valence-electron chi connectivity index (χ2n) is 4.14. The van der Waals surface area contributed by atoms with Gasteiger partial charge in [-0.15, -0.1) is 0 Å². The van der Waals surface area contributed by atoms with Gasteiger partial charge in [-0.25, -0.2) is 0 Å². The average molecular weight is 194 g/mol. The quantitative estimate of drug-likeness (QED) is 0.389. The fourth-order valence-electron chi connectivity index (χ4n) is 1.91. The van der Waals surface area contributed by atoms with E-state index in [1.807, 2.05) is 0 Å². The molecule has 0 bridgehead atoms. The first-order chi connectivity index (χ1) is 6.66. The van der Waals surface area contributed by atoms with Crippen LogP contribution < -0.4 is 0 Å². The maximum Gasteiger partial charge on any atom is 0.317 e. The number of rotatable bonds is 4. The zero-order valence-corrected chi connectivity index (χ0v) is 8.29. The van der Waals surface area contributed by atoms with Gasteiger partial charge in [-0.05, 0) is 25.7 Å². The van der Waals surface area contributed by atoms with Crippen LogP contribution in [0.15, 0.2) is 11.6 Å². The summed E-state index contributed by atoms with van der Waals surface area (Å²) in [4.78, 5) is 21.9. The minimum absolute atomic E-state index is 0.165. The van der Waals surface area contributed by atoms with E-state index in [2.05, 4.69) is 17.7 Å². The Morgan fingerprint density at radius 3 is 2.64 bits per heavy atom. The molecule has 1 fully saturated rings. The molecule has 0 aromatic carbocycles. The number of esters is 2. The predicted octanol–water partition coefficient (Wildman–Crippen LogP) is 1.82. The monoisotopic (exact) mass is 194 g/mol. The largest absolute Gasteiger partial charge is 0.393 e. The van der Waals surface area contributed by atoms with Crippen molar-refractivity contribution in [2.75, 3.05) is 0 Å². The lowest BCUT2D eigenvalue weighted by molar-refractivity contribution is -0.153. The smallest absolute Gasteiger partial charge is 0.317 e. The standard InChI is InChI=1S/C11H14O3/c1-7-5-8(7)3-2-4-9-6-10(12)14-11(9)13/h5,8-9H,2-4,6H2,1H3. The van der Waals surface area contributed by atoms with Crippen molar-refractivity contribution in [1.82, 2.24) is 0 Å². The molecule has 1 saturated heterocycles. The first-order valence-corrected chi connectivity index (χ1v) is 5.09. The maximum absolute atomic E-state index is 11.1. The summed E-state index contributed by atoms with van der Waals surface area (Å²) in [7, 11) is 0. The van der Waals surface area contributed by atoms with Gasteiger partial charge in [0.25, 0.3) is 0 Å². The van der Waals surface area contributed by atoms with Crippen molar-refractivity contribution >= 4 is 11.9 Å². The molecule has 1 aliphatic carbocycles. The van der Waals surface area contributed by atoms with Crippen molar-refractivity contribution in [2.24, 2.45) is 11.8 Å². The topological polar surface area (TPSA) is 43.4 Å². The van der Waals surface area contributed by atoms with Crippen molar-refractivity contribution < 1.29 is 14.3 Å². The van der Waals surface area contributed by atoms with Crippen LogP contribution in [0.1, 0.15) is 32.6 Å². The highest BCUT2D eigenvalue weighted by Gasteiger charge is 2.33. The Hall–Kier alpha value is -1.12. The number of carbonyl (C=O) groups excluding carboxylic acids is 2. The molecule has 76 valence electrons. The molecule has 2 atom stereocenters. The van der Waals surface area contributed by atoms with E-state index in [0.29, 0.717) is 5.92 Å². The molecule has 0 amide bonds. The van der Waals surface area contributed by atoms with Gasteiger partial charge in [0.05, 0.1) is 12.3 Å². The van der Waals surface area contributed by atoms with Crippen LogP contribution in [0.4, 0.5) is 0 Å². The Labute approximate surface area is 83.1 Å². The maximum atomic E-state index is 11.1. The van der Waals surface area contributed by atoms with Crippen LogP contribution in [0.5, 0.6) is 0 Å². The Morgan fingerprint density at radius 1 is 1.43 bits per heavy atom. The summed E-state index contributed by atoms with van der Waals surface area (Å²) < 4.78 is 4.48. The number of hydrogen-bond donors (Lipinski definition) is 0. The Bertz CT molecular complexity index is 304. The summed E-state index contributed by atoms with van der Waals surface area (Å²) in [6.45, 7) is 2.12. The van der Waals surface area contributed by atoms with E-state index >= 15 is 0 Å². The summed E-state index contributed by atoms with van der Waals surface area (Å²) in [5.41, 5.74) is 1.45. The van der Waals surface area contributed by atoms with Crippen LogP contribution in [0.3, 0.4) is 0 Å². The summed E-state index contributed by atoms with van der Waals surface area (Å²) in [6.07, 6.45) is 5.44. The van der Waals surface area contributed by atoms with E-state index in [0.717, 1.165) is 19.3 Å². The van der Waals surface area contributed by atoms with Gasteiger partial charge in [0.15, 0.2) is 0 Å². The molecular weight excluding hydrogens is 180 g/mol. The Kier molecular flexibility index (Phi) is 2.40. The molecule has 0 aromatic heterocycles. The predicted molar refractivity (Wildman–Crippen MR) is 50.3 cm³/mol. The van der Waals surface area contributed by atoms with E-state index in [9.17, 15) is 9.59 Å². The molecule has 2 rings (SSSR count). The lowest BCUT2D eigenvalue weighted by atomic mass is 9.99. The molecular formula is C11H14O3. The van der Waals surface area contributed by atoms with Crippen molar-refractivity contribution in [2.45, 2.75) is 32.6 Å². The van der Waals surface area contributed by atoms with Crippen LogP contribution in [0.2, 0.25) is 0 Å². The molecule has 0 radical (unpaired) electrons. The highest BCUT2D eigenvalue weighted by atomic mass is 16.6. The lowest BCUT2D eigenvalue weighted by Gasteiger charge is -2.03. The number of cyclic esters (lactones) is 2. The van der Waals surface area contributed by atoms with Crippen molar-refractivity contribution in [3.8, 4) is 0 Å². The van der Waals surface area contributed by atoms with Crippen molar-refractivity contribution in [3.05, 3.63) is 11.6 Å². The summed E-state index contributed by atoms with van der Waals surface area (Å²) in [5, 5.41) is 0. The third-order valence-corrected chi connectivity index (χ3v) is 2.97. The molecule has 2 aliphatic rings. The minimum Gasteiger partial charge on any atom is -0.393 e. The molecule has 3 nitrogen and oxygen atoms in total. The third-order valence-electron chi connectivity index (χ3n) is 2.97. The second kappa shape index (κ2) is 3.56.